The van der Waals surface area contributed by atoms with E-state index in [2.05, 4.69) is 10.6 Å². The normalized spacial score (nSPS) is 14.3. The van der Waals surface area contributed by atoms with Gasteiger partial charge >= 0.3 is 69.7 Å². The van der Waals surface area contributed by atoms with Crippen LogP contribution < -0.4 is 67.1 Å². The van der Waals surface area contributed by atoms with Gasteiger partial charge in [0.2, 0.25) is 0 Å². The zero-order valence-electron chi connectivity index (χ0n) is 39.5. The number of hydrogen-bond donors (Lipinski definition) is 2. The zero-order chi connectivity index (χ0) is 52.0. The van der Waals surface area contributed by atoms with Crippen molar-refractivity contribution < 1.29 is 116 Å². The van der Waals surface area contributed by atoms with Crippen LogP contribution in [0.25, 0.3) is 21.8 Å². The number of methoxy groups -OCH3 is 1. The number of carboxylic acid groups (broad SMARTS) is 1. The van der Waals surface area contributed by atoms with Crippen LogP contribution >= 0.6 is 0 Å². The van der Waals surface area contributed by atoms with Crippen LogP contribution in [-0.2, 0) is 41.3 Å². The van der Waals surface area contributed by atoms with E-state index in [-0.39, 0.29) is 81.2 Å². The Morgan fingerprint density at radius 1 is 0.554 bits per heavy atom. The fraction of sp³-hybridized carbons (Fsp3) is 0.200. The molecule has 0 spiro atoms. The quantitative estimate of drug-likeness (QED) is 0.0733. The number of alkyl halides is 6. The molecule has 6 aromatic carbocycles. The van der Waals surface area contributed by atoms with E-state index in [1.54, 1.807) is 70.1 Å². The van der Waals surface area contributed by atoms with Crippen molar-refractivity contribution in [1.82, 2.24) is 19.8 Å². The first-order chi connectivity index (χ1) is 34.6. The number of rotatable bonds is 12. The second kappa shape index (κ2) is 20.9. The summed E-state index contributed by atoms with van der Waals surface area (Å²) in [6.45, 7) is 0.386. The second-order valence-electron chi connectivity index (χ2n) is 18.1. The molecule has 0 atom stereocenters. The molecule has 2 aromatic heterocycles. The summed E-state index contributed by atoms with van der Waals surface area (Å²) in [5.74, 6) is -3.90. The molecule has 2 aliphatic rings. The van der Waals surface area contributed by atoms with Gasteiger partial charge in [0.25, 0.3) is 11.8 Å². The summed E-state index contributed by atoms with van der Waals surface area (Å²) >= 11 is 0. The van der Waals surface area contributed by atoms with Gasteiger partial charge in [0, 0.05) is 36.3 Å². The molecule has 2 saturated carbocycles. The Morgan fingerprint density at radius 3 is 1.24 bits per heavy atom. The van der Waals surface area contributed by atoms with E-state index in [0.29, 0.717) is 64.2 Å². The predicted molar refractivity (Wildman–Crippen MR) is 250 cm³/mol. The fourth-order valence-electron chi connectivity index (χ4n) is 8.99. The third-order valence-corrected chi connectivity index (χ3v) is 13.1. The van der Waals surface area contributed by atoms with E-state index < -0.39 is 69.9 Å². The molecule has 2 heterocycles. The molecule has 2 N–H and O–H groups in total. The van der Waals surface area contributed by atoms with Gasteiger partial charge in [-0.05, 0) is 126 Å². The molecule has 2 fully saturated rings. The van der Waals surface area contributed by atoms with E-state index >= 15 is 0 Å². The summed E-state index contributed by atoms with van der Waals surface area (Å²) in [6.07, 6.45) is -2.91. The SMILES string of the molecule is COC(=O)c1ccc(C2(NC(=O)c3cc(F)cc4ccn(Cc5ccc(C(F)(F)F)cc5)c34)CC2)cc1.O=C([O-])c1ccc(C2(NC(=O)c3cc(F)cc4ccn(Cc5ccc(C(F)(F)F)cc5)c34)CC2)cc1.[K+]. The number of amides is 2. The maximum Gasteiger partial charge on any atom is 1.00 e. The number of fused-ring (bicyclic) bond motifs is 2. The minimum atomic E-state index is -4.44. The number of esters is 1. The molecule has 8 aromatic rings. The summed E-state index contributed by atoms with van der Waals surface area (Å²) in [5.41, 5.74) is 1.49. The molecule has 10 rings (SSSR count). The van der Waals surface area contributed by atoms with Crippen LogP contribution in [-0.4, -0.2) is 40.0 Å². The van der Waals surface area contributed by atoms with Crippen LogP contribution in [0.15, 0.2) is 146 Å². The van der Waals surface area contributed by atoms with E-state index in [9.17, 15) is 59.4 Å². The van der Waals surface area contributed by atoms with Gasteiger partial charge in [-0.25, -0.2) is 13.6 Å². The molecule has 0 bridgehead atoms. The second-order valence-corrected chi connectivity index (χ2v) is 18.1. The van der Waals surface area contributed by atoms with Crippen LogP contribution in [0.3, 0.4) is 0 Å². The molecule has 2 aliphatic carbocycles. The Balaban J connectivity index is 0.000000194. The topological polar surface area (TPSA) is 134 Å². The Bertz CT molecular complexity index is 3420. The molecular formula is C55H41F8KN4O6. The predicted octanol–water partition coefficient (Wildman–Crippen LogP) is 7.69. The fourth-order valence-corrected chi connectivity index (χ4v) is 8.99. The Morgan fingerprint density at radius 2 is 0.919 bits per heavy atom. The molecule has 0 saturated heterocycles. The maximum atomic E-state index is 14.4. The molecule has 10 nitrogen and oxygen atoms in total. The summed E-state index contributed by atoms with van der Waals surface area (Å²) in [7, 11) is 1.30. The van der Waals surface area contributed by atoms with Crippen molar-refractivity contribution in [2.75, 3.05) is 7.11 Å². The number of carbonyl (C=O) groups excluding carboxylic acids is 4. The van der Waals surface area contributed by atoms with Crippen LogP contribution in [0.4, 0.5) is 35.1 Å². The Kier molecular flexibility index (Phi) is 15.2. The van der Waals surface area contributed by atoms with E-state index in [1.165, 1.54) is 55.6 Å². The van der Waals surface area contributed by atoms with Gasteiger partial charge < -0.3 is 34.4 Å². The summed E-state index contributed by atoms with van der Waals surface area (Å²) in [5, 5.41) is 18.0. The molecule has 74 heavy (non-hydrogen) atoms. The monoisotopic (exact) mass is 1040 g/mol. The largest absolute Gasteiger partial charge is 1.00 e. The number of aromatic nitrogens is 2. The molecule has 2 amide bonds. The van der Waals surface area contributed by atoms with Gasteiger partial charge in [-0.3, -0.25) is 9.59 Å². The van der Waals surface area contributed by atoms with Crippen LogP contribution in [0.1, 0.15) is 100 Å². The van der Waals surface area contributed by atoms with Gasteiger partial charge in [-0.2, -0.15) is 26.3 Å². The number of carboxylic acids is 1. The number of nitrogens with one attached hydrogen (secondary N) is 2. The first-order valence-corrected chi connectivity index (χ1v) is 22.7. The van der Waals surface area contributed by atoms with Crippen molar-refractivity contribution in [3.05, 3.63) is 213 Å². The number of halogens is 8. The molecular weight excluding hydrogens is 1000 g/mol. The maximum absolute atomic E-state index is 14.4. The molecule has 19 heteroatoms. The van der Waals surface area contributed by atoms with E-state index in [4.69, 9.17) is 4.74 Å². The summed E-state index contributed by atoms with van der Waals surface area (Å²) in [4.78, 5) is 49.5. The molecule has 374 valence electrons. The van der Waals surface area contributed by atoms with E-state index in [1.807, 2.05) is 0 Å². The molecule has 0 radical (unpaired) electrons. The summed E-state index contributed by atoms with van der Waals surface area (Å²) in [6, 6.07) is 30.6. The smallest absolute Gasteiger partial charge is 0.545 e. The third-order valence-electron chi connectivity index (χ3n) is 13.1. The molecule has 0 unspecified atom stereocenters. The average molecular weight is 1050 g/mol. The number of ether oxygens (including phenoxy) is 1. The standard InChI is InChI=1S/C28H22F4N2O3.C27H20F4N2O3.K/c1-37-26(36)18-4-8-20(9-5-18)27(11-12-27)33-25(35)23-15-22(29)14-19-10-13-34(24(19)23)16-17-2-6-21(7-3-17)28(30,31)32;28-21-13-18-9-12-33(15-16-1-5-20(6-2-16)27(29,30)31)23(18)22(14-21)24(34)32-26(10-11-26)19-7-3-17(4-8-19)25(35)36;/h2-10,13-15H,11-12,16H2,1H3,(H,33,35);1-9,12-14H,10-11,15H2,(H,32,34)(H,35,36);/q;;+1/p-1. The van der Waals surface area contributed by atoms with Crippen molar-refractivity contribution in [2.24, 2.45) is 0 Å². The number of hydrogen-bond acceptors (Lipinski definition) is 6. The first kappa shape index (κ1) is 53.6. The van der Waals surface area contributed by atoms with Gasteiger partial charge in [-0.1, -0.05) is 60.7 Å². The van der Waals surface area contributed by atoms with Crippen LogP contribution in [0.5, 0.6) is 0 Å². The van der Waals surface area contributed by atoms with Crippen molar-refractivity contribution >= 4 is 45.6 Å². The number of benzene rings is 6. The van der Waals surface area contributed by atoms with Gasteiger partial charge in [-0.15, -0.1) is 0 Å². The third kappa shape index (κ3) is 11.5. The van der Waals surface area contributed by atoms with Crippen LogP contribution in [0, 0.1) is 11.6 Å². The number of carbonyl (C=O) groups is 4. The van der Waals surface area contributed by atoms with Crippen molar-refractivity contribution in [3.63, 3.8) is 0 Å². The average Bonchev–Trinajstić information content (AvgIpc) is 4.25. The Labute approximate surface area is 459 Å². The van der Waals surface area contributed by atoms with Crippen LogP contribution in [0.2, 0.25) is 0 Å². The van der Waals surface area contributed by atoms with Gasteiger partial charge in [0.05, 0.1) is 63.0 Å². The van der Waals surface area contributed by atoms with Crippen molar-refractivity contribution in [3.8, 4) is 0 Å². The van der Waals surface area contributed by atoms with Crippen molar-refractivity contribution in [2.45, 2.75) is 62.2 Å². The molecule has 0 aliphatic heterocycles. The first-order valence-electron chi connectivity index (χ1n) is 22.7. The Hall–Kier alpha value is -6.64. The zero-order valence-corrected chi connectivity index (χ0v) is 42.6. The number of aromatic carboxylic acids is 1. The summed E-state index contributed by atoms with van der Waals surface area (Å²) < 4.78 is 114. The van der Waals surface area contributed by atoms with Gasteiger partial charge in [0.15, 0.2) is 0 Å². The minimum absolute atomic E-state index is 0. The van der Waals surface area contributed by atoms with Gasteiger partial charge in [0.1, 0.15) is 11.6 Å². The van der Waals surface area contributed by atoms with E-state index in [0.717, 1.165) is 47.5 Å². The number of nitrogens with zero attached hydrogens (tertiary/aromatic N) is 2. The minimum Gasteiger partial charge on any atom is -0.545 e. The van der Waals surface area contributed by atoms with Crippen molar-refractivity contribution in [1.29, 1.82) is 0 Å².